The van der Waals surface area contributed by atoms with Crippen molar-refractivity contribution in [1.82, 2.24) is 0 Å². The van der Waals surface area contributed by atoms with E-state index in [1.807, 2.05) is 44.2 Å². The zero-order chi connectivity index (χ0) is 36.5. The van der Waals surface area contributed by atoms with Crippen LogP contribution in [0.5, 0.6) is 0 Å². The zero-order valence-corrected chi connectivity index (χ0v) is 30.1. The van der Waals surface area contributed by atoms with Crippen molar-refractivity contribution in [1.29, 1.82) is 10.5 Å². The van der Waals surface area contributed by atoms with Gasteiger partial charge < -0.3 is 10.8 Å². The van der Waals surface area contributed by atoms with E-state index in [1.165, 1.54) is 89.2 Å². The van der Waals surface area contributed by atoms with Crippen LogP contribution in [0.1, 0.15) is 154 Å². The van der Waals surface area contributed by atoms with Crippen LogP contribution in [0.3, 0.4) is 0 Å². The summed E-state index contributed by atoms with van der Waals surface area (Å²) in [7, 11) is 0. The van der Waals surface area contributed by atoms with E-state index in [0.717, 1.165) is 34.2 Å². The number of carbonyl (C=O) groups is 3. The van der Waals surface area contributed by atoms with Crippen molar-refractivity contribution in [3.63, 3.8) is 0 Å². The van der Waals surface area contributed by atoms with Gasteiger partial charge in [0, 0.05) is 30.5 Å². The van der Waals surface area contributed by atoms with Crippen LogP contribution >= 0.6 is 0 Å². The topological polar surface area (TPSA) is 145 Å². The summed E-state index contributed by atoms with van der Waals surface area (Å²) >= 11 is 0. The average molecular weight is 676 g/mol. The second-order valence-electron chi connectivity index (χ2n) is 13.9. The number of aryl methyl sites for hydroxylation is 3. The maximum atomic E-state index is 12.4. The van der Waals surface area contributed by atoms with Crippen LogP contribution in [0.25, 0.3) is 0 Å². The van der Waals surface area contributed by atoms with Crippen LogP contribution in [0, 0.1) is 55.3 Å². The monoisotopic (exact) mass is 675 g/mol. The van der Waals surface area contributed by atoms with Crippen LogP contribution in [-0.4, -0.2) is 22.6 Å². The normalized spacial score (nSPS) is 15.0. The molecule has 0 amide bonds. The molecule has 0 aromatic heterocycles. The fourth-order valence-corrected chi connectivity index (χ4v) is 7.07. The maximum absolute atomic E-state index is 12.4. The number of benzene rings is 3. The van der Waals surface area contributed by atoms with Gasteiger partial charge in [0.25, 0.3) is 0 Å². The van der Waals surface area contributed by atoms with Crippen molar-refractivity contribution >= 4 is 17.5 Å². The smallest absolute Gasteiger partial charge is 0.335 e. The number of aromatic carboxylic acids is 1. The Morgan fingerprint density at radius 2 is 1.00 bits per heavy atom. The lowest BCUT2D eigenvalue weighted by molar-refractivity contribution is 0.0695. The predicted octanol–water partition coefficient (Wildman–Crippen LogP) is 9.97. The number of nitriles is 2. The van der Waals surface area contributed by atoms with Crippen molar-refractivity contribution in [2.24, 2.45) is 17.6 Å². The highest BCUT2D eigenvalue weighted by Gasteiger charge is 2.19. The molecule has 50 heavy (non-hydrogen) atoms. The van der Waals surface area contributed by atoms with Gasteiger partial charge in [-0.05, 0) is 91.3 Å². The summed E-state index contributed by atoms with van der Waals surface area (Å²) in [4.78, 5) is 35.3. The molecule has 0 unspecified atom stereocenters. The predicted molar refractivity (Wildman–Crippen MR) is 198 cm³/mol. The Hall–Kier alpha value is -4.59. The molecule has 3 aromatic rings. The van der Waals surface area contributed by atoms with Gasteiger partial charge in [0.15, 0.2) is 11.6 Å². The van der Waals surface area contributed by atoms with Gasteiger partial charge in [-0.3, -0.25) is 9.59 Å². The number of nitrogens with two attached hydrogens (primary N) is 1. The highest BCUT2D eigenvalue weighted by molar-refractivity contribution is 5.98. The lowest BCUT2D eigenvalue weighted by Gasteiger charge is -2.14. The molecular weight excluding hydrogens is 622 g/mol. The average Bonchev–Trinajstić information content (AvgIpc) is 3.53. The first-order valence-corrected chi connectivity index (χ1v) is 18.2. The largest absolute Gasteiger partial charge is 0.478 e. The second-order valence-corrected chi connectivity index (χ2v) is 13.9. The summed E-state index contributed by atoms with van der Waals surface area (Å²) in [5.74, 6) is 0.757. The van der Waals surface area contributed by atoms with Gasteiger partial charge in [-0.1, -0.05) is 95.2 Å². The number of Topliss-reactive ketones (excluding diaryl/α,β-unsaturated/α-hetero) is 2. The van der Waals surface area contributed by atoms with Crippen molar-refractivity contribution < 1.29 is 19.5 Å². The lowest BCUT2D eigenvalue weighted by Crippen LogP contribution is -2.10. The summed E-state index contributed by atoms with van der Waals surface area (Å²) in [6.45, 7) is 6.14. The molecule has 3 aromatic carbocycles. The Morgan fingerprint density at radius 3 is 1.34 bits per heavy atom. The zero-order valence-electron chi connectivity index (χ0n) is 30.1. The van der Waals surface area contributed by atoms with Crippen LogP contribution in [0.4, 0.5) is 0 Å². The molecule has 7 nitrogen and oxygen atoms in total. The van der Waals surface area contributed by atoms with E-state index in [1.54, 1.807) is 25.1 Å². The molecule has 0 saturated heterocycles. The maximum Gasteiger partial charge on any atom is 0.335 e. The number of hydrogen-bond donors (Lipinski definition) is 2. The van der Waals surface area contributed by atoms with Crippen molar-refractivity contribution in [3.05, 3.63) is 105 Å². The standard InChI is InChI=1S/C17H25NO.C17H21NO.C9H7NO2/c2*1-13-10-15(12-18)8-9-16(13)17(19)11-14-6-4-2-3-5-7-14;1-6-4-7(5-10)2-3-8(6)9(11)12/h8-10,14H,2-7,11-12,18H2,1H3;8-10,14H,2-7,11H2,1H3;2-4H,1H3,(H,11,12). The number of carboxylic acids is 1. The Morgan fingerprint density at radius 1 is 0.620 bits per heavy atom. The van der Waals surface area contributed by atoms with Crippen LogP contribution in [0.2, 0.25) is 0 Å². The van der Waals surface area contributed by atoms with Crippen LogP contribution < -0.4 is 5.73 Å². The third-order valence-electron chi connectivity index (χ3n) is 9.97. The molecule has 0 heterocycles. The van der Waals surface area contributed by atoms with Crippen LogP contribution in [-0.2, 0) is 6.54 Å². The van der Waals surface area contributed by atoms with Gasteiger partial charge in [-0.25, -0.2) is 4.79 Å². The summed E-state index contributed by atoms with van der Waals surface area (Å²) in [5, 5.41) is 26.0. The van der Waals surface area contributed by atoms with Gasteiger partial charge in [0.1, 0.15) is 0 Å². The second kappa shape index (κ2) is 20.8. The third kappa shape index (κ3) is 12.7. The van der Waals surface area contributed by atoms with E-state index in [-0.39, 0.29) is 11.3 Å². The first-order valence-electron chi connectivity index (χ1n) is 18.2. The van der Waals surface area contributed by atoms with Gasteiger partial charge in [0.2, 0.25) is 0 Å². The minimum Gasteiger partial charge on any atom is -0.478 e. The van der Waals surface area contributed by atoms with Crippen molar-refractivity contribution in [2.75, 3.05) is 0 Å². The Bertz CT molecular complexity index is 1680. The summed E-state index contributed by atoms with van der Waals surface area (Å²) in [6, 6.07) is 19.9. The van der Waals surface area contributed by atoms with E-state index < -0.39 is 5.97 Å². The minimum absolute atomic E-state index is 0.244. The van der Waals surface area contributed by atoms with Gasteiger partial charge in [0.05, 0.1) is 28.8 Å². The molecule has 0 aliphatic heterocycles. The summed E-state index contributed by atoms with van der Waals surface area (Å²) < 4.78 is 0. The molecule has 2 saturated carbocycles. The number of carboxylic acid groups (broad SMARTS) is 1. The summed E-state index contributed by atoms with van der Waals surface area (Å²) in [5.41, 5.74) is 12.4. The van der Waals surface area contributed by atoms with E-state index in [9.17, 15) is 14.4 Å². The Kier molecular flexibility index (Phi) is 16.6. The fraction of sp³-hybridized carbons (Fsp3) is 0.465. The third-order valence-corrected chi connectivity index (χ3v) is 9.97. The van der Waals surface area contributed by atoms with Gasteiger partial charge >= 0.3 is 5.97 Å². The number of ketones is 2. The molecule has 0 bridgehead atoms. The van der Waals surface area contributed by atoms with E-state index in [2.05, 4.69) is 6.07 Å². The number of nitrogens with zero attached hydrogens (tertiary/aromatic N) is 2. The van der Waals surface area contributed by atoms with Crippen LogP contribution in [0.15, 0.2) is 54.6 Å². The molecule has 0 spiro atoms. The number of rotatable bonds is 8. The molecule has 0 radical (unpaired) electrons. The Balaban J connectivity index is 0.000000209. The SMILES string of the molecule is Cc1cc(C#N)ccc1C(=O)CC1CCCCCC1.Cc1cc(C#N)ccc1C(=O)O.Cc1cc(CN)ccc1C(=O)CC1CCCCCC1. The van der Waals surface area contributed by atoms with E-state index in [4.69, 9.17) is 21.4 Å². The molecule has 3 N–H and O–H groups in total. The van der Waals surface area contributed by atoms with Crippen molar-refractivity contribution in [3.8, 4) is 12.1 Å². The molecule has 2 aliphatic rings. The molecule has 0 atom stereocenters. The highest BCUT2D eigenvalue weighted by Crippen LogP contribution is 2.28. The highest BCUT2D eigenvalue weighted by atomic mass is 16.4. The van der Waals surface area contributed by atoms with Gasteiger partial charge in [-0.15, -0.1) is 0 Å². The lowest BCUT2D eigenvalue weighted by atomic mass is 9.90. The van der Waals surface area contributed by atoms with Gasteiger partial charge in [-0.2, -0.15) is 10.5 Å². The molecule has 5 rings (SSSR count). The first-order chi connectivity index (χ1) is 24.1. The minimum atomic E-state index is -0.961. The number of hydrogen-bond acceptors (Lipinski definition) is 6. The first kappa shape index (κ1) is 39.8. The number of carbonyl (C=O) groups excluding carboxylic acids is 2. The van der Waals surface area contributed by atoms with E-state index in [0.29, 0.717) is 47.3 Å². The molecule has 2 fully saturated rings. The molecular formula is C43H53N3O4. The Labute approximate surface area is 298 Å². The fourth-order valence-electron chi connectivity index (χ4n) is 7.07. The van der Waals surface area contributed by atoms with Crippen molar-refractivity contribution in [2.45, 2.75) is 117 Å². The quantitative estimate of drug-likeness (QED) is 0.178. The summed E-state index contributed by atoms with van der Waals surface area (Å²) in [6.07, 6.45) is 16.7. The van der Waals surface area contributed by atoms with E-state index >= 15 is 0 Å². The molecule has 7 heteroatoms. The molecule has 2 aliphatic carbocycles. The molecule has 264 valence electrons.